The van der Waals surface area contributed by atoms with Gasteiger partial charge in [0, 0.05) is 20.3 Å². The number of ether oxygens (including phenoxy) is 4. The van der Waals surface area contributed by atoms with Gasteiger partial charge in [-0.05, 0) is 43.2 Å². The Morgan fingerprint density at radius 3 is 2.43 bits per heavy atom. The monoisotopic (exact) mass is 483 g/mol. The van der Waals surface area contributed by atoms with E-state index in [2.05, 4.69) is 0 Å². The van der Waals surface area contributed by atoms with E-state index < -0.39 is 23.8 Å². The highest BCUT2D eigenvalue weighted by molar-refractivity contribution is 6.08. The maximum Gasteiger partial charge on any atom is 0.321 e. The number of amides is 1. The molecule has 0 spiro atoms. The van der Waals surface area contributed by atoms with E-state index in [1.54, 1.807) is 26.2 Å². The zero-order valence-corrected chi connectivity index (χ0v) is 20.2. The Bertz CT molecular complexity index is 1210. The van der Waals surface area contributed by atoms with Gasteiger partial charge >= 0.3 is 5.97 Å². The molecule has 0 aliphatic carbocycles. The minimum Gasteiger partial charge on any atom is -0.502 e. The van der Waals surface area contributed by atoms with Crippen LogP contribution in [0.3, 0.4) is 0 Å². The first-order chi connectivity index (χ1) is 17.0. The van der Waals surface area contributed by atoms with Gasteiger partial charge in [-0.15, -0.1) is 0 Å². The van der Waals surface area contributed by atoms with Crippen molar-refractivity contribution in [1.29, 1.82) is 0 Å². The van der Waals surface area contributed by atoms with Gasteiger partial charge < -0.3 is 28.6 Å². The Hall–Kier alpha value is -3.79. The average molecular weight is 484 g/mol. The number of anilines is 1. The summed E-state index contributed by atoms with van der Waals surface area (Å²) >= 11 is 0. The van der Waals surface area contributed by atoms with Crippen LogP contribution in [-0.2, 0) is 19.1 Å². The molecule has 186 valence electrons. The van der Waals surface area contributed by atoms with Crippen LogP contribution in [0.1, 0.15) is 24.9 Å². The number of methoxy groups -OCH3 is 3. The molecule has 10 heteroatoms. The molecule has 3 aromatic rings. The van der Waals surface area contributed by atoms with E-state index in [9.17, 15) is 14.7 Å². The fourth-order valence-electron chi connectivity index (χ4n) is 4.51. The first-order valence-electron chi connectivity index (χ1n) is 11.4. The maximum atomic E-state index is 13.9. The third-order valence-electron chi connectivity index (χ3n) is 6.06. The molecular formula is C25H29N3O7. The van der Waals surface area contributed by atoms with Crippen LogP contribution >= 0.6 is 0 Å². The summed E-state index contributed by atoms with van der Waals surface area (Å²) in [6.45, 7) is 2.59. The van der Waals surface area contributed by atoms with Crippen molar-refractivity contribution >= 4 is 28.9 Å². The van der Waals surface area contributed by atoms with E-state index in [1.807, 2.05) is 28.8 Å². The zero-order valence-electron chi connectivity index (χ0n) is 20.2. The highest BCUT2D eigenvalue weighted by Crippen LogP contribution is 2.45. The number of esters is 1. The van der Waals surface area contributed by atoms with Crippen molar-refractivity contribution in [2.75, 3.05) is 46.0 Å². The van der Waals surface area contributed by atoms with Crippen molar-refractivity contribution in [3.05, 3.63) is 42.0 Å². The Labute approximate surface area is 203 Å². The number of hydrogen-bond donors (Lipinski definition) is 1. The molecule has 1 amide bonds. The third kappa shape index (κ3) is 4.25. The van der Waals surface area contributed by atoms with Crippen molar-refractivity contribution in [3.63, 3.8) is 0 Å². The molecule has 2 heterocycles. The number of para-hydroxylation sites is 2. The number of benzene rings is 2. The van der Waals surface area contributed by atoms with Crippen LogP contribution in [0.15, 0.2) is 36.4 Å². The van der Waals surface area contributed by atoms with Crippen LogP contribution in [0.4, 0.5) is 5.95 Å². The molecule has 35 heavy (non-hydrogen) atoms. The summed E-state index contributed by atoms with van der Waals surface area (Å²) < 4.78 is 23.1. The van der Waals surface area contributed by atoms with Crippen LogP contribution in [0.25, 0.3) is 11.0 Å². The molecule has 1 aliphatic rings. The van der Waals surface area contributed by atoms with E-state index in [0.29, 0.717) is 36.6 Å². The zero-order chi connectivity index (χ0) is 25.1. The number of aromatic hydroxyl groups is 1. The van der Waals surface area contributed by atoms with Gasteiger partial charge in [0.05, 0.1) is 37.9 Å². The average Bonchev–Trinajstić information content (AvgIpc) is 3.24. The van der Waals surface area contributed by atoms with Crippen molar-refractivity contribution in [2.24, 2.45) is 5.92 Å². The predicted octanol–water partition coefficient (Wildman–Crippen LogP) is 2.91. The second kappa shape index (κ2) is 10.2. The number of imidazole rings is 1. The molecule has 0 bridgehead atoms. The lowest BCUT2D eigenvalue weighted by Crippen LogP contribution is -2.50. The lowest BCUT2D eigenvalue weighted by Gasteiger charge is -2.38. The number of carbonyl (C=O) groups is 2. The maximum absolute atomic E-state index is 13.9. The van der Waals surface area contributed by atoms with Gasteiger partial charge in [-0.1, -0.05) is 12.1 Å². The minimum atomic E-state index is -1.19. The summed E-state index contributed by atoms with van der Waals surface area (Å²) in [6.07, 6.45) is 0.562. The molecule has 0 unspecified atom stereocenters. The Kier molecular flexibility index (Phi) is 7.11. The van der Waals surface area contributed by atoms with Crippen molar-refractivity contribution in [1.82, 2.24) is 9.55 Å². The number of fused-ring (bicyclic) bond motifs is 3. The second-order valence-corrected chi connectivity index (χ2v) is 8.06. The van der Waals surface area contributed by atoms with Gasteiger partial charge in [-0.3, -0.25) is 14.5 Å². The smallest absolute Gasteiger partial charge is 0.321 e. The van der Waals surface area contributed by atoms with Crippen molar-refractivity contribution in [3.8, 4) is 17.2 Å². The number of hydrogen-bond acceptors (Lipinski definition) is 8. The van der Waals surface area contributed by atoms with Crippen LogP contribution in [0.2, 0.25) is 0 Å². The van der Waals surface area contributed by atoms with E-state index in [0.717, 1.165) is 5.52 Å². The summed E-state index contributed by atoms with van der Waals surface area (Å²) in [5.74, 6) is -1.70. The molecule has 0 radical (unpaired) electrons. The predicted molar refractivity (Wildman–Crippen MR) is 128 cm³/mol. The topological polar surface area (TPSA) is 112 Å². The number of phenols is 1. The number of nitrogens with zero attached hydrogens (tertiary/aromatic N) is 3. The summed E-state index contributed by atoms with van der Waals surface area (Å²) in [5, 5.41) is 10.5. The molecule has 0 saturated carbocycles. The van der Waals surface area contributed by atoms with E-state index in [-0.39, 0.29) is 23.9 Å². The summed E-state index contributed by atoms with van der Waals surface area (Å²) in [4.78, 5) is 33.4. The van der Waals surface area contributed by atoms with Gasteiger partial charge in [0.25, 0.3) is 0 Å². The van der Waals surface area contributed by atoms with Gasteiger partial charge in [-0.2, -0.15) is 0 Å². The highest BCUT2D eigenvalue weighted by atomic mass is 16.5. The van der Waals surface area contributed by atoms with Crippen LogP contribution in [-0.4, -0.2) is 67.6 Å². The largest absolute Gasteiger partial charge is 0.502 e. The second-order valence-electron chi connectivity index (χ2n) is 8.06. The third-order valence-corrected chi connectivity index (χ3v) is 6.06. The molecule has 2 aromatic carbocycles. The van der Waals surface area contributed by atoms with Gasteiger partial charge in [0.1, 0.15) is 0 Å². The van der Waals surface area contributed by atoms with Crippen LogP contribution < -0.4 is 14.4 Å². The number of rotatable bonds is 9. The first kappa shape index (κ1) is 24.3. The fourth-order valence-corrected chi connectivity index (χ4v) is 4.51. The molecular weight excluding hydrogens is 454 g/mol. The van der Waals surface area contributed by atoms with Gasteiger partial charge in [0.15, 0.2) is 17.4 Å². The summed E-state index contributed by atoms with van der Waals surface area (Å²) in [6, 6.07) is 9.86. The standard InChI is InChI=1S/C25H29N3O7/c1-5-35-24(31)20-21(15-13-18(33-3)22(29)19(14-15)34-4)28-17-10-7-6-9-16(17)26-25(28)27(23(20)30)11-8-12-32-2/h6-7,9-10,13-14,20-21,29H,5,8,11-12H2,1-4H3/t20-,21-/m1/s1. The van der Waals surface area contributed by atoms with Gasteiger partial charge in [-0.25, -0.2) is 4.98 Å². The molecule has 0 saturated heterocycles. The quantitative estimate of drug-likeness (QED) is 0.281. The summed E-state index contributed by atoms with van der Waals surface area (Å²) in [7, 11) is 4.43. The minimum absolute atomic E-state index is 0.124. The van der Waals surface area contributed by atoms with Crippen molar-refractivity contribution in [2.45, 2.75) is 19.4 Å². The molecule has 1 aliphatic heterocycles. The molecule has 10 nitrogen and oxygen atoms in total. The lowest BCUT2D eigenvalue weighted by atomic mass is 9.89. The molecule has 1 N–H and O–H groups in total. The van der Waals surface area contributed by atoms with E-state index in [4.69, 9.17) is 23.9 Å². The normalized spacial score (nSPS) is 17.4. The Balaban J connectivity index is 1.99. The highest BCUT2D eigenvalue weighted by Gasteiger charge is 2.48. The van der Waals surface area contributed by atoms with E-state index >= 15 is 0 Å². The van der Waals surface area contributed by atoms with Gasteiger partial charge in [0.2, 0.25) is 17.6 Å². The molecule has 4 rings (SSSR count). The first-order valence-corrected chi connectivity index (χ1v) is 11.4. The van der Waals surface area contributed by atoms with Crippen molar-refractivity contribution < 1.29 is 33.6 Å². The molecule has 1 aromatic heterocycles. The molecule has 2 atom stereocenters. The van der Waals surface area contributed by atoms with E-state index in [1.165, 1.54) is 19.1 Å². The SMILES string of the molecule is CCOC(=O)[C@H]1C(=O)N(CCCOC)c2nc3ccccc3n2[C@@H]1c1cc(OC)c(O)c(OC)c1. The Morgan fingerprint density at radius 1 is 1.11 bits per heavy atom. The lowest BCUT2D eigenvalue weighted by molar-refractivity contribution is -0.153. The summed E-state index contributed by atoms with van der Waals surface area (Å²) in [5.41, 5.74) is 1.96. The van der Waals surface area contributed by atoms with Crippen LogP contribution in [0.5, 0.6) is 17.2 Å². The molecule has 0 fully saturated rings. The fraction of sp³-hybridized carbons (Fsp3) is 0.400. The number of aromatic nitrogens is 2. The number of carbonyl (C=O) groups excluding carboxylic acids is 2. The Morgan fingerprint density at radius 2 is 1.80 bits per heavy atom. The van der Waals surface area contributed by atoms with Crippen LogP contribution in [0, 0.1) is 5.92 Å². The number of phenolic OH excluding ortho intramolecular Hbond substituents is 1.